The summed E-state index contributed by atoms with van der Waals surface area (Å²) in [6.07, 6.45) is 3.06. The molecule has 0 unspecified atom stereocenters. The van der Waals surface area contributed by atoms with E-state index in [0.717, 1.165) is 44.6 Å². The summed E-state index contributed by atoms with van der Waals surface area (Å²) in [6.45, 7) is 3.94. The second-order valence-electron chi connectivity index (χ2n) is 8.17. The molecule has 0 atom stereocenters. The van der Waals surface area contributed by atoms with Crippen molar-refractivity contribution in [1.82, 2.24) is 15.1 Å². The summed E-state index contributed by atoms with van der Waals surface area (Å²) in [5.74, 6) is 0.0813. The van der Waals surface area contributed by atoms with E-state index >= 15 is 0 Å². The highest BCUT2D eigenvalue weighted by molar-refractivity contribution is 5.97. The number of amides is 3. The number of urea groups is 1. The van der Waals surface area contributed by atoms with Crippen molar-refractivity contribution in [3.05, 3.63) is 65.7 Å². The quantitative estimate of drug-likeness (QED) is 0.802. The van der Waals surface area contributed by atoms with Gasteiger partial charge in [-0.15, -0.1) is 0 Å². The van der Waals surface area contributed by atoms with Crippen LogP contribution < -0.4 is 10.2 Å². The van der Waals surface area contributed by atoms with Crippen LogP contribution in [0.1, 0.15) is 28.8 Å². The Morgan fingerprint density at radius 2 is 1.73 bits per heavy atom. The molecule has 6 nitrogen and oxygen atoms in total. The maximum atomic E-state index is 12.9. The van der Waals surface area contributed by atoms with Crippen LogP contribution in [0.5, 0.6) is 0 Å². The predicted molar refractivity (Wildman–Crippen MR) is 119 cm³/mol. The van der Waals surface area contributed by atoms with E-state index in [4.69, 9.17) is 0 Å². The number of hydrogen-bond acceptors (Lipinski definition) is 3. The molecule has 2 aromatic carbocycles. The van der Waals surface area contributed by atoms with Crippen molar-refractivity contribution in [2.75, 3.05) is 44.7 Å². The minimum Gasteiger partial charge on any atom is -0.339 e. The number of rotatable bonds is 6. The standard InChI is InChI=1S/C24H30N4O2/c1-26(15-11-19-5-3-2-4-6-19)21-12-16-27(17-13-21)23(29)20-7-9-22(10-8-20)28-18-14-25-24(28)30/h2-10,21H,11-18H2,1H3,(H,25,30). The minimum atomic E-state index is -0.0764. The van der Waals surface area contributed by atoms with Gasteiger partial charge in [0.2, 0.25) is 0 Å². The first-order valence-electron chi connectivity index (χ1n) is 10.8. The molecule has 2 fully saturated rings. The number of nitrogens with one attached hydrogen (secondary N) is 1. The molecular formula is C24H30N4O2. The molecular weight excluding hydrogens is 376 g/mol. The number of nitrogens with zero attached hydrogens (tertiary/aromatic N) is 3. The van der Waals surface area contributed by atoms with Crippen LogP contribution in [0.2, 0.25) is 0 Å². The SMILES string of the molecule is CN(CCc1ccccc1)C1CCN(C(=O)c2ccc(N3CCNC3=O)cc2)CC1. The maximum absolute atomic E-state index is 12.9. The molecule has 3 amide bonds. The summed E-state index contributed by atoms with van der Waals surface area (Å²) < 4.78 is 0. The van der Waals surface area contributed by atoms with Crippen LogP contribution in [0.15, 0.2) is 54.6 Å². The van der Waals surface area contributed by atoms with E-state index in [1.54, 1.807) is 4.90 Å². The van der Waals surface area contributed by atoms with Gasteiger partial charge in [-0.1, -0.05) is 30.3 Å². The molecule has 0 aliphatic carbocycles. The molecule has 2 aromatic rings. The van der Waals surface area contributed by atoms with Gasteiger partial charge in [-0.25, -0.2) is 4.79 Å². The van der Waals surface area contributed by atoms with Crippen molar-refractivity contribution in [2.45, 2.75) is 25.3 Å². The predicted octanol–water partition coefficient (Wildman–Crippen LogP) is 3.00. The molecule has 4 rings (SSSR count). The third-order valence-electron chi connectivity index (χ3n) is 6.25. The average Bonchev–Trinajstić information content (AvgIpc) is 3.23. The Hall–Kier alpha value is -2.86. The molecule has 30 heavy (non-hydrogen) atoms. The summed E-state index contributed by atoms with van der Waals surface area (Å²) in [4.78, 5) is 30.8. The van der Waals surface area contributed by atoms with E-state index in [-0.39, 0.29) is 11.9 Å². The van der Waals surface area contributed by atoms with Gasteiger partial charge in [0, 0.05) is 50.0 Å². The third kappa shape index (κ3) is 4.65. The smallest absolute Gasteiger partial charge is 0.321 e. The number of carbonyl (C=O) groups excluding carboxylic acids is 2. The van der Waals surface area contributed by atoms with Gasteiger partial charge in [-0.3, -0.25) is 9.69 Å². The molecule has 0 bridgehead atoms. The lowest BCUT2D eigenvalue weighted by Crippen LogP contribution is -2.46. The van der Waals surface area contributed by atoms with Crippen molar-refractivity contribution in [3.8, 4) is 0 Å². The van der Waals surface area contributed by atoms with Crippen LogP contribution in [0.4, 0.5) is 10.5 Å². The summed E-state index contributed by atoms with van der Waals surface area (Å²) in [7, 11) is 2.19. The molecule has 2 aliphatic rings. The van der Waals surface area contributed by atoms with Crippen molar-refractivity contribution in [1.29, 1.82) is 0 Å². The summed E-state index contributed by atoms with van der Waals surface area (Å²) in [6, 6.07) is 18.4. The monoisotopic (exact) mass is 406 g/mol. The fourth-order valence-electron chi connectivity index (χ4n) is 4.33. The molecule has 158 valence electrons. The van der Waals surface area contributed by atoms with Crippen molar-refractivity contribution < 1.29 is 9.59 Å². The van der Waals surface area contributed by atoms with Gasteiger partial charge in [0.05, 0.1) is 0 Å². The Labute approximate surface area is 178 Å². The zero-order chi connectivity index (χ0) is 20.9. The molecule has 1 N–H and O–H groups in total. The Morgan fingerprint density at radius 3 is 2.37 bits per heavy atom. The molecule has 6 heteroatoms. The Morgan fingerprint density at radius 1 is 1.03 bits per heavy atom. The number of likely N-dealkylation sites (tertiary alicyclic amines) is 1. The summed E-state index contributed by atoms with van der Waals surface area (Å²) in [5.41, 5.74) is 2.89. The zero-order valence-electron chi connectivity index (χ0n) is 17.6. The lowest BCUT2D eigenvalue weighted by atomic mass is 10.0. The lowest BCUT2D eigenvalue weighted by molar-refractivity contribution is 0.0647. The van der Waals surface area contributed by atoms with E-state index < -0.39 is 0 Å². The van der Waals surface area contributed by atoms with Crippen LogP contribution in [-0.4, -0.2) is 67.6 Å². The third-order valence-corrected chi connectivity index (χ3v) is 6.25. The number of benzene rings is 2. The molecule has 2 aliphatic heterocycles. The molecule has 0 spiro atoms. The van der Waals surface area contributed by atoms with E-state index in [9.17, 15) is 9.59 Å². The fourth-order valence-corrected chi connectivity index (χ4v) is 4.33. The van der Waals surface area contributed by atoms with E-state index in [1.165, 1.54) is 5.56 Å². The molecule has 0 aromatic heterocycles. The van der Waals surface area contributed by atoms with Gasteiger partial charge in [0.25, 0.3) is 5.91 Å². The lowest BCUT2D eigenvalue weighted by Gasteiger charge is -2.37. The van der Waals surface area contributed by atoms with Gasteiger partial charge < -0.3 is 15.1 Å². The first-order chi connectivity index (χ1) is 14.6. The van der Waals surface area contributed by atoms with Crippen LogP contribution in [0.25, 0.3) is 0 Å². The largest absolute Gasteiger partial charge is 0.339 e. The minimum absolute atomic E-state index is 0.0764. The van der Waals surface area contributed by atoms with Gasteiger partial charge in [0.1, 0.15) is 0 Å². The van der Waals surface area contributed by atoms with Crippen LogP contribution in [-0.2, 0) is 6.42 Å². The fraction of sp³-hybridized carbons (Fsp3) is 0.417. The van der Waals surface area contributed by atoms with Crippen LogP contribution in [0, 0.1) is 0 Å². The van der Waals surface area contributed by atoms with Crippen molar-refractivity contribution >= 4 is 17.6 Å². The van der Waals surface area contributed by atoms with Crippen LogP contribution in [0.3, 0.4) is 0 Å². The van der Waals surface area contributed by atoms with Gasteiger partial charge in [-0.2, -0.15) is 0 Å². The van der Waals surface area contributed by atoms with E-state index in [2.05, 4.69) is 47.6 Å². The van der Waals surface area contributed by atoms with E-state index in [1.807, 2.05) is 29.2 Å². The summed E-state index contributed by atoms with van der Waals surface area (Å²) in [5, 5.41) is 2.80. The van der Waals surface area contributed by atoms with Gasteiger partial charge in [-0.05, 0) is 56.1 Å². The van der Waals surface area contributed by atoms with Gasteiger partial charge >= 0.3 is 6.03 Å². The summed E-state index contributed by atoms with van der Waals surface area (Å²) >= 11 is 0. The number of anilines is 1. The normalized spacial score (nSPS) is 17.5. The highest BCUT2D eigenvalue weighted by atomic mass is 16.2. The molecule has 0 radical (unpaired) electrons. The topological polar surface area (TPSA) is 55.9 Å². The number of hydrogen-bond donors (Lipinski definition) is 1. The second kappa shape index (κ2) is 9.30. The molecule has 0 saturated carbocycles. The average molecular weight is 407 g/mol. The highest BCUT2D eigenvalue weighted by Crippen LogP contribution is 2.21. The van der Waals surface area contributed by atoms with Crippen LogP contribution >= 0.6 is 0 Å². The number of piperidine rings is 1. The van der Waals surface area contributed by atoms with Gasteiger partial charge in [0.15, 0.2) is 0 Å². The Bertz CT molecular complexity index is 861. The second-order valence-corrected chi connectivity index (χ2v) is 8.17. The molecule has 2 saturated heterocycles. The van der Waals surface area contributed by atoms with Crippen molar-refractivity contribution in [3.63, 3.8) is 0 Å². The maximum Gasteiger partial charge on any atom is 0.321 e. The first kappa shape index (κ1) is 20.4. The van der Waals surface area contributed by atoms with E-state index in [0.29, 0.717) is 24.7 Å². The Balaban J connectivity index is 1.27. The first-order valence-corrected chi connectivity index (χ1v) is 10.8. The molecule has 2 heterocycles. The highest BCUT2D eigenvalue weighted by Gasteiger charge is 2.26. The zero-order valence-corrected chi connectivity index (χ0v) is 17.6. The number of likely N-dealkylation sites (N-methyl/N-ethyl adjacent to an activating group) is 1. The van der Waals surface area contributed by atoms with Crippen molar-refractivity contribution in [2.24, 2.45) is 0 Å². The Kier molecular flexibility index (Phi) is 6.33. The number of carbonyl (C=O) groups is 2.